The van der Waals surface area contributed by atoms with Crippen LogP contribution in [0.1, 0.15) is 25.0 Å². The van der Waals surface area contributed by atoms with Gasteiger partial charge in [-0.25, -0.2) is 0 Å². The predicted molar refractivity (Wildman–Crippen MR) is 149 cm³/mol. The number of hydrogen-bond donors (Lipinski definition) is 0. The van der Waals surface area contributed by atoms with Gasteiger partial charge in [0.15, 0.2) is 0 Å². The van der Waals surface area contributed by atoms with Gasteiger partial charge in [0.1, 0.15) is 0 Å². The lowest BCUT2D eigenvalue weighted by Gasteiger charge is -2.42. The molecule has 8 rings (SSSR count). The molecule has 0 aliphatic carbocycles. The van der Waals surface area contributed by atoms with Gasteiger partial charge in [-0.15, -0.1) is 0 Å². The monoisotopic (exact) mass is 445 g/mol. The Hall–Kier alpha value is -4.04. The Bertz CT molecular complexity index is 1820. The highest BCUT2D eigenvalue weighted by Gasteiger charge is 2.45. The zero-order chi connectivity index (χ0) is 23.3. The summed E-state index contributed by atoms with van der Waals surface area (Å²) in [6.45, 7) is 5.02. The van der Waals surface area contributed by atoms with Crippen molar-refractivity contribution in [3.8, 4) is 16.8 Å². The molecule has 2 heteroatoms. The maximum atomic E-state index is 2.53. The second kappa shape index (κ2) is 6.55. The maximum Gasteiger partial charge on any atom is 0.248 e. The van der Waals surface area contributed by atoms with E-state index in [0.717, 1.165) is 0 Å². The van der Waals surface area contributed by atoms with Gasteiger partial charge in [0.2, 0.25) is 6.71 Å². The number of nitrogens with zero attached hydrogens (tertiary/aromatic N) is 1. The van der Waals surface area contributed by atoms with Crippen LogP contribution in [0.2, 0.25) is 0 Å². The van der Waals surface area contributed by atoms with E-state index in [4.69, 9.17) is 0 Å². The zero-order valence-electron chi connectivity index (χ0n) is 19.9. The van der Waals surface area contributed by atoms with Crippen molar-refractivity contribution in [3.05, 3.63) is 120 Å². The van der Waals surface area contributed by atoms with E-state index < -0.39 is 0 Å². The van der Waals surface area contributed by atoms with Crippen molar-refractivity contribution in [2.24, 2.45) is 0 Å². The van der Waals surface area contributed by atoms with Crippen molar-refractivity contribution in [2.75, 3.05) is 0 Å². The number of hydrogen-bond acceptors (Lipinski definition) is 0. The van der Waals surface area contributed by atoms with E-state index >= 15 is 0 Å². The van der Waals surface area contributed by atoms with Crippen molar-refractivity contribution in [1.82, 2.24) is 4.57 Å². The highest BCUT2D eigenvalue weighted by molar-refractivity contribution is 6.99. The van der Waals surface area contributed by atoms with E-state index in [9.17, 15) is 0 Å². The summed E-state index contributed by atoms with van der Waals surface area (Å²) < 4.78 is 2.53. The first-order valence-electron chi connectivity index (χ1n) is 12.5. The molecule has 0 bridgehead atoms. The first-order valence-corrected chi connectivity index (χ1v) is 12.5. The highest BCUT2D eigenvalue weighted by atomic mass is 15.0. The molecule has 0 saturated carbocycles. The van der Waals surface area contributed by atoms with Crippen LogP contribution in [0.25, 0.3) is 38.6 Å². The molecule has 5 aromatic carbocycles. The molecule has 0 radical (unpaired) electrons. The fourth-order valence-electron chi connectivity index (χ4n) is 7.00. The lowest BCUT2D eigenvalue weighted by Crippen LogP contribution is -2.63. The van der Waals surface area contributed by atoms with Crippen LogP contribution in [0.15, 0.2) is 109 Å². The Morgan fingerprint density at radius 2 is 1.34 bits per heavy atom. The van der Waals surface area contributed by atoms with Gasteiger partial charge in [0.25, 0.3) is 0 Å². The minimum atomic E-state index is -0.0896. The second-order valence-electron chi connectivity index (χ2n) is 10.5. The van der Waals surface area contributed by atoms with Crippen molar-refractivity contribution in [3.63, 3.8) is 0 Å². The summed E-state index contributed by atoms with van der Waals surface area (Å²) in [5.41, 5.74) is 13.8. The molecule has 0 N–H and O–H groups in total. The van der Waals surface area contributed by atoms with Gasteiger partial charge >= 0.3 is 0 Å². The molecule has 2 aliphatic heterocycles. The van der Waals surface area contributed by atoms with Gasteiger partial charge in [-0.3, -0.25) is 0 Å². The van der Waals surface area contributed by atoms with E-state index in [-0.39, 0.29) is 12.1 Å². The molecule has 2 aliphatic rings. The van der Waals surface area contributed by atoms with E-state index in [1.165, 1.54) is 66.1 Å². The van der Waals surface area contributed by atoms with Gasteiger partial charge < -0.3 is 4.57 Å². The van der Waals surface area contributed by atoms with Crippen molar-refractivity contribution < 1.29 is 0 Å². The van der Waals surface area contributed by atoms with Crippen molar-refractivity contribution >= 4 is 44.9 Å². The number of para-hydroxylation sites is 2. The molecule has 3 heterocycles. The van der Waals surface area contributed by atoms with Crippen molar-refractivity contribution in [1.29, 1.82) is 0 Å². The summed E-state index contributed by atoms with van der Waals surface area (Å²) in [4.78, 5) is 0. The molecule has 0 amide bonds. The molecule has 0 spiro atoms. The van der Waals surface area contributed by atoms with Crippen LogP contribution in [-0.2, 0) is 5.41 Å². The lowest BCUT2D eigenvalue weighted by molar-refractivity contribution is 0.646. The zero-order valence-corrected chi connectivity index (χ0v) is 19.9. The molecule has 0 fully saturated rings. The molecule has 1 aromatic heterocycles. The summed E-state index contributed by atoms with van der Waals surface area (Å²) in [5.74, 6) is 0. The van der Waals surface area contributed by atoms with Crippen LogP contribution in [0.5, 0.6) is 0 Å². The lowest BCUT2D eigenvalue weighted by atomic mass is 9.29. The van der Waals surface area contributed by atoms with E-state index in [1.807, 2.05) is 0 Å². The third-order valence-electron chi connectivity index (χ3n) is 8.48. The standard InChI is InChI=1S/C33H24BN/c1-33(2)25-15-10-14-22(21-11-4-3-5-12-21)30(25)34-27-16-7-9-18-29(27)35-28-17-8-6-13-23(28)24-19-20-26(33)31(34)32(24)35/h3-20H,1-2H3. The van der Waals surface area contributed by atoms with Gasteiger partial charge in [-0.05, 0) is 45.3 Å². The quantitative estimate of drug-likeness (QED) is 0.277. The molecular formula is C33H24BN. The van der Waals surface area contributed by atoms with Gasteiger partial charge in [-0.1, -0.05) is 116 Å². The number of aromatic nitrogens is 1. The molecule has 0 unspecified atom stereocenters. The normalized spacial score (nSPS) is 14.7. The van der Waals surface area contributed by atoms with Gasteiger partial charge in [-0.2, -0.15) is 0 Å². The molecule has 35 heavy (non-hydrogen) atoms. The third-order valence-corrected chi connectivity index (χ3v) is 8.48. The summed E-state index contributed by atoms with van der Waals surface area (Å²) >= 11 is 0. The molecular weight excluding hydrogens is 421 g/mol. The van der Waals surface area contributed by atoms with Gasteiger partial charge in [0.05, 0.1) is 5.52 Å². The molecule has 0 saturated heterocycles. The average Bonchev–Trinajstić information content (AvgIpc) is 3.25. The maximum absolute atomic E-state index is 2.53. The Morgan fingerprint density at radius 1 is 0.600 bits per heavy atom. The first kappa shape index (κ1) is 19.3. The first-order chi connectivity index (χ1) is 17.2. The van der Waals surface area contributed by atoms with Crippen LogP contribution in [0, 0.1) is 0 Å². The van der Waals surface area contributed by atoms with Gasteiger partial charge in [0, 0.05) is 27.4 Å². The van der Waals surface area contributed by atoms with Crippen LogP contribution >= 0.6 is 0 Å². The van der Waals surface area contributed by atoms with Crippen molar-refractivity contribution in [2.45, 2.75) is 19.3 Å². The Balaban J connectivity index is 1.61. The Kier molecular flexibility index (Phi) is 3.61. The van der Waals surface area contributed by atoms with E-state index in [0.29, 0.717) is 0 Å². The molecule has 6 aromatic rings. The number of rotatable bonds is 1. The predicted octanol–water partition coefficient (Wildman–Crippen LogP) is 5.92. The number of fused-ring (bicyclic) bond motifs is 8. The summed E-state index contributed by atoms with van der Waals surface area (Å²) in [6.07, 6.45) is 0. The molecule has 1 nitrogen and oxygen atoms in total. The SMILES string of the molecule is CC1(C)c2cccc(-c3ccccc3)c2B2c3ccccc3-n3c4ccccc4c4ccc1c2c43. The average molecular weight is 445 g/mol. The van der Waals surface area contributed by atoms with Crippen LogP contribution in [-0.4, -0.2) is 11.3 Å². The topological polar surface area (TPSA) is 4.93 Å². The Morgan fingerprint density at radius 3 is 2.23 bits per heavy atom. The molecule has 164 valence electrons. The minimum Gasteiger partial charge on any atom is -0.310 e. The smallest absolute Gasteiger partial charge is 0.248 e. The Labute approximate surface area is 205 Å². The summed E-state index contributed by atoms with van der Waals surface area (Å²) in [7, 11) is 0. The largest absolute Gasteiger partial charge is 0.310 e. The van der Waals surface area contributed by atoms with Crippen LogP contribution < -0.4 is 16.4 Å². The fraction of sp³-hybridized carbons (Fsp3) is 0.0909. The number of benzene rings is 5. The van der Waals surface area contributed by atoms with E-state index in [2.05, 4.69) is 128 Å². The second-order valence-corrected chi connectivity index (χ2v) is 10.5. The highest BCUT2D eigenvalue weighted by Crippen LogP contribution is 2.41. The van der Waals surface area contributed by atoms with E-state index in [1.54, 1.807) is 0 Å². The minimum absolute atomic E-state index is 0.0896. The fourth-order valence-corrected chi connectivity index (χ4v) is 7.00. The van der Waals surface area contributed by atoms with Crippen LogP contribution in [0.4, 0.5) is 0 Å². The molecule has 0 atom stereocenters. The van der Waals surface area contributed by atoms with Crippen LogP contribution in [0.3, 0.4) is 0 Å². The summed E-state index contributed by atoms with van der Waals surface area (Å²) in [5, 5.41) is 2.69. The summed E-state index contributed by atoms with van der Waals surface area (Å²) in [6, 6.07) is 40.6. The third kappa shape index (κ3) is 2.30.